The van der Waals surface area contributed by atoms with Crippen LogP contribution in [0.5, 0.6) is 0 Å². The zero-order chi connectivity index (χ0) is 18.1. The lowest BCUT2D eigenvalue weighted by atomic mass is 9.83. The molecule has 1 aliphatic heterocycles. The molecule has 0 bridgehead atoms. The number of ether oxygens (including phenoxy) is 1. The number of aliphatic hydroxyl groups excluding tert-OH is 1. The van der Waals surface area contributed by atoms with Gasteiger partial charge in [0, 0.05) is 11.1 Å². The van der Waals surface area contributed by atoms with Gasteiger partial charge in [0.2, 0.25) is 0 Å². The number of piperidine rings is 1. The van der Waals surface area contributed by atoms with Crippen LogP contribution in [0.15, 0.2) is 24.3 Å². The smallest absolute Gasteiger partial charge is 0.411 e. The zero-order valence-corrected chi connectivity index (χ0v) is 15.2. The predicted molar refractivity (Wildman–Crippen MR) is 91.2 cm³/mol. The lowest BCUT2D eigenvalue weighted by Crippen LogP contribution is -2.58. The number of hydrogen-bond donors (Lipinski definition) is 1. The molecule has 0 unspecified atom stereocenters. The Balaban J connectivity index is 2.35. The number of hydrogen-bond acceptors (Lipinski definition) is 3. The van der Waals surface area contributed by atoms with Crippen LogP contribution >= 0.6 is 0 Å². The first-order valence-electron chi connectivity index (χ1n) is 8.48. The number of likely N-dealkylation sites (tertiary alicyclic amines) is 1. The Hall–Kier alpha value is -1.62. The van der Waals surface area contributed by atoms with Crippen LogP contribution in [0.2, 0.25) is 0 Å². The van der Waals surface area contributed by atoms with Crippen LogP contribution in [0, 0.1) is 5.82 Å². The second kappa shape index (κ2) is 6.71. The molecule has 134 valence electrons. The third-order valence-electron chi connectivity index (χ3n) is 4.45. The number of carbonyl (C=O) groups is 1. The summed E-state index contributed by atoms with van der Waals surface area (Å²) in [5.41, 5.74) is -0.871. The highest BCUT2D eigenvalue weighted by Crippen LogP contribution is 2.38. The summed E-state index contributed by atoms with van der Waals surface area (Å²) < 4.78 is 19.6. The third kappa shape index (κ3) is 4.07. The molecule has 4 nitrogen and oxygen atoms in total. The quantitative estimate of drug-likeness (QED) is 0.868. The molecule has 0 aliphatic carbocycles. The van der Waals surface area contributed by atoms with E-state index in [-0.39, 0.29) is 5.56 Å². The van der Waals surface area contributed by atoms with Crippen molar-refractivity contribution in [3.63, 3.8) is 0 Å². The van der Waals surface area contributed by atoms with Crippen LogP contribution < -0.4 is 0 Å². The molecule has 1 fully saturated rings. The molecule has 1 aromatic carbocycles. The highest BCUT2D eigenvalue weighted by Gasteiger charge is 2.45. The minimum Gasteiger partial charge on any atom is -0.444 e. The first kappa shape index (κ1) is 18.7. The summed E-state index contributed by atoms with van der Waals surface area (Å²) in [6.45, 7) is 9.34. The number of nitrogens with zero attached hydrogens (tertiary/aromatic N) is 1. The molecule has 0 spiro atoms. The van der Waals surface area contributed by atoms with Gasteiger partial charge in [0.05, 0.1) is 6.04 Å². The largest absolute Gasteiger partial charge is 0.444 e. The van der Waals surface area contributed by atoms with E-state index >= 15 is 0 Å². The summed E-state index contributed by atoms with van der Waals surface area (Å²) in [6.07, 6.45) is 0.735. The Bertz CT molecular complexity index is 595. The molecule has 0 radical (unpaired) electrons. The Morgan fingerprint density at radius 3 is 2.58 bits per heavy atom. The lowest BCUT2D eigenvalue weighted by Gasteiger charge is -2.49. The van der Waals surface area contributed by atoms with Gasteiger partial charge in [-0.25, -0.2) is 9.18 Å². The molecule has 1 N–H and O–H groups in total. The van der Waals surface area contributed by atoms with Crippen molar-refractivity contribution in [1.29, 1.82) is 0 Å². The van der Waals surface area contributed by atoms with Crippen molar-refractivity contribution in [2.24, 2.45) is 0 Å². The van der Waals surface area contributed by atoms with E-state index in [2.05, 4.69) is 0 Å². The van der Waals surface area contributed by atoms with E-state index in [4.69, 9.17) is 4.74 Å². The molecule has 1 heterocycles. The molecular formula is C19H28FNO3. The van der Waals surface area contributed by atoms with Gasteiger partial charge in [-0.05, 0) is 59.9 Å². The summed E-state index contributed by atoms with van der Waals surface area (Å²) in [5, 5.41) is 10.8. The lowest BCUT2D eigenvalue weighted by molar-refractivity contribution is -0.0581. The monoisotopic (exact) mass is 337 g/mol. The molecule has 1 aromatic rings. The van der Waals surface area contributed by atoms with Crippen LogP contribution in [-0.4, -0.2) is 33.3 Å². The van der Waals surface area contributed by atoms with Gasteiger partial charge in [0.15, 0.2) is 0 Å². The summed E-state index contributed by atoms with van der Waals surface area (Å²) in [7, 11) is 0. The maximum absolute atomic E-state index is 14.1. The van der Waals surface area contributed by atoms with Gasteiger partial charge in [0.1, 0.15) is 17.5 Å². The van der Waals surface area contributed by atoms with Gasteiger partial charge < -0.3 is 9.84 Å². The van der Waals surface area contributed by atoms with Crippen molar-refractivity contribution in [3.8, 4) is 0 Å². The maximum atomic E-state index is 14.1. The van der Waals surface area contributed by atoms with E-state index in [1.54, 1.807) is 23.1 Å². The number of amides is 1. The Labute approximate surface area is 143 Å². The van der Waals surface area contributed by atoms with Gasteiger partial charge in [-0.15, -0.1) is 0 Å². The molecule has 2 atom stereocenters. The Kier molecular flexibility index (Phi) is 5.23. The van der Waals surface area contributed by atoms with Crippen molar-refractivity contribution in [2.45, 2.75) is 77.2 Å². The average molecular weight is 337 g/mol. The third-order valence-corrected chi connectivity index (χ3v) is 4.45. The number of rotatable bonds is 2. The summed E-state index contributed by atoms with van der Waals surface area (Å²) in [5.74, 6) is -0.461. The van der Waals surface area contributed by atoms with Crippen molar-refractivity contribution in [3.05, 3.63) is 35.6 Å². The molecule has 1 amide bonds. The average Bonchev–Trinajstić information content (AvgIpc) is 2.43. The Morgan fingerprint density at radius 2 is 2.00 bits per heavy atom. The van der Waals surface area contributed by atoms with Crippen molar-refractivity contribution in [2.75, 3.05) is 0 Å². The molecular weight excluding hydrogens is 309 g/mol. The van der Waals surface area contributed by atoms with E-state index in [0.717, 1.165) is 12.8 Å². The van der Waals surface area contributed by atoms with E-state index in [9.17, 15) is 14.3 Å². The molecule has 0 aromatic heterocycles. The second-order valence-corrected chi connectivity index (χ2v) is 8.09. The fraction of sp³-hybridized carbons (Fsp3) is 0.632. The van der Waals surface area contributed by atoms with Crippen LogP contribution in [0.4, 0.5) is 9.18 Å². The molecule has 0 saturated carbocycles. The number of halogens is 1. The zero-order valence-electron chi connectivity index (χ0n) is 15.2. The number of benzene rings is 1. The van der Waals surface area contributed by atoms with Crippen LogP contribution in [0.3, 0.4) is 0 Å². The standard InChI is InChI=1S/C19H28FNO3/c1-18(2,3)24-17(23)21-15(11-8-12-19(21,4)5)16(22)13-9-6-7-10-14(13)20/h6-7,9-10,15-16,22H,8,11-12H2,1-5H3/t15-,16-/m0/s1. The maximum Gasteiger partial charge on any atom is 0.411 e. The molecule has 1 aliphatic rings. The van der Waals surface area contributed by atoms with Gasteiger partial charge in [-0.3, -0.25) is 4.90 Å². The summed E-state index contributed by atoms with van der Waals surface area (Å²) >= 11 is 0. The Morgan fingerprint density at radius 1 is 1.38 bits per heavy atom. The first-order valence-corrected chi connectivity index (χ1v) is 8.48. The van der Waals surface area contributed by atoms with Crippen LogP contribution in [-0.2, 0) is 4.74 Å². The van der Waals surface area contributed by atoms with E-state index in [1.165, 1.54) is 6.07 Å². The minimum atomic E-state index is -1.08. The van der Waals surface area contributed by atoms with Crippen LogP contribution in [0.25, 0.3) is 0 Å². The SMILES string of the molecule is CC(C)(C)OC(=O)N1[C@H]([C@@H](O)c2ccccc2F)CCCC1(C)C. The molecule has 1 saturated heterocycles. The van der Waals surface area contributed by atoms with E-state index in [1.807, 2.05) is 34.6 Å². The topological polar surface area (TPSA) is 49.8 Å². The fourth-order valence-electron chi connectivity index (χ4n) is 3.36. The molecule has 5 heteroatoms. The van der Waals surface area contributed by atoms with Gasteiger partial charge in [-0.1, -0.05) is 18.2 Å². The van der Waals surface area contributed by atoms with Gasteiger partial charge in [0.25, 0.3) is 0 Å². The minimum absolute atomic E-state index is 0.216. The highest BCUT2D eigenvalue weighted by atomic mass is 19.1. The fourth-order valence-corrected chi connectivity index (χ4v) is 3.36. The van der Waals surface area contributed by atoms with Gasteiger partial charge in [-0.2, -0.15) is 0 Å². The van der Waals surface area contributed by atoms with Crippen molar-refractivity contribution in [1.82, 2.24) is 4.90 Å². The number of aliphatic hydroxyl groups is 1. The summed E-state index contributed by atoms with van der Waals surface area (Å²) in [4.78, 5) is 14.4. The second-order valence-electron chi connectivity index (χ2n) is 8.09. The van der Waals surface area contributed by atoms with Crippen molar-refractivity contribution < 1.29 is 19.0 Å². The van der Waals surface area contributed by atoms with Crippen molar-refractivity contribution >= 4 is 6.09 Å². The normalized spacial score (nSPS) is 22.1. The molecule has 2 rings (SSSR count). The first-order chi connectivity index (χ1) is 11.0. The number of carbonyl (C=O) groups excluding carboxylic acids is 1. The van der Waals surface area contributed by atoms with E-state index < -0.39 is 35.2 Å². The predicted octanol–water partition coefficient (Wildman–Crippen LogP) is 4.43. The summed E-state index contributed by atoms with van der Waals surface area (Å²) in [6, 6.07) is 5.65. The molecule has 24 heavy (non-hydrogen) atoms. The highest BCUT2D eigenvalue weighted by molar-refractivity contribution is 5.70. The van der Waals surface area contributed by atoms with Crippen LogP contribution in [0.1, 0.15) is 65.5 Å². The van der Waals surface area contributed by atoms with Gasteiger partial charge >= 0.3 is 6.09 Å². The van der Waals surface area contributed by atoms with E-state index in [0.29, 0.717) is 6.42 Å².